The van der Waals surface area contributed by atoms with Crippen molar-refractivity contribution in [3.05, 3.63) is 24.3 Å². The summed E-state index contributed by atoms with van der Waals surface area (Å²) in [6.07, 6.45) is 7.31. The van der Waals surface area contributed by atoms with E-state index in [2.05, 4.69) is 0 Å². The molecule has 156 valence electrons. The van der Waals surface area contributed by atoms with Crippen molar-refractivity contribution in [2.75, 3.05) is 14.2 Å². The van der Waals surface area contributed by atoms with Gasteiger partial charge in [0.15, 0.2) is 0 Å². The number of carboxylic acids is 2. The molecule has 0 spiro atoms. The Kier molecular flexibility index (Phi) is 4.43. The van der Waals surface area contributed by atoms with Gasteiger partial charge in [-0.05, 0) is 24.7 Å². The monoisotopic (exact) mass is 406 g/mol. The first-order chi connectivity index (χ1) is 13.7. The summed E-state index contributed by atoms with van der Waals surface area (Å²) in [5.74, 6) is -9.72. The fraction of sp³-hybridized carbons (Fsp3) is 0.600. The Morgan fingerprint density at radius 1 is 0.793 bits per heavy atom. The van der Waals surface area contributed by atoms with Gasteiger partial charge in [-0.2, -0.15) is 0 Å². The highest BCUT2D eigenvalue weighted by Gasteiger charge is 2.65. The average Bonchev–Trinajstić information content (AvgIpc) is 3.43. The molecule has 4 rings (SSSR count). The van der Waals surface area contributed by atoms with Gasteiger partial charge in [0, 0.05) is 14.2 Å². The van der Waals surface area contributed by atoms with E-state index in [4.69, 9.17) is 14.2 Å². The van der Waals surface area contributed by atoms with Crippen LogP contribution in [0.1, 0.15) is 12.8 Å². The molecule has 0 aromatic carbocycles. The van der Waals surface area contributed by atoms with E-state index < -0.39 is 70.6 Å². The number of fused-ring (bicyclic) bond motifs is 4. The molecule has 4 bridgehead atoms. The number of carboxylic acid groups (broad SMARTS) is 2. The quantitative estimate of drug-likeness (QED) is 0.370. The van der Waals surface area contributed by atoms with Gasteiger partial charge in [0.1, 0.15) is 23.0 Å². The molecule has 0 heterocycles. The highest BCUT2D eigenvalue weighted by molar-refractivity contribution is 5.95. The van der Waals surface area contributed by atoms with Gasteiger partial charge in [0.25, 0.3) is 0 Å². The summed E-state index contributed by atoms with van der Waals surface area (Å²) in [5, 5.41) is 19.2. The number of carbonyl (C=O) groups is 4. The van der Waals surface area contributed by atoms with Crippen LogP contribution in [0, 0.1) is 35.5 Å². The zero-order valence-electron chi connectivity index (χ0n) is 15.9. The fourth-order valence-electron chi connectivity index (χ4n) is 5.77. The van der Waals surface area contributed by atoms with E-state index in [-0.39, 0.29) is 0 Å². The molecule has 0 saturated heterocycles. The number of ether oxygens (including phenoxy) is 3. The van der Waals surface area contributed by atoms with Crippen LogP contribution >= 0.6 is 0 Å². The lowest BCUT2D eigenvalue weighted by molar-refractivity contribution is -0.180. The minimum absolute atomic E-state index is 0.308. The summed E-state index contributed by atoms with van der Waals surface area (Å²) in [6.45, 7) is 0. The van der Waals surface area contributed by atoms with E-state index in [1.807, 2.05) is 0 Å². The van der Waals surface area contributed by atoms with Crippen molar-refractivity contribution in [2.45, 2.75) is 24.0 Å². The number of hydrogen-bond donors (Lipinski definition) is 2. The lowest BCUT2D eigenvalue weighted by Crippen LogP contribution is -2.48. The third kappa shape index (κ3) is 2.60. The molecule has 8 unspecified atom stereocenters. The second-order valence-corrected chi connectivity index (χ2v) is 8.20. The van der Waals surface area contributed by atoms with Crippen molar-refractivity contribution in [1.29, 1.82) is 0 Å². The molecular weight excluding hydrogens is 384 g/mol. The van der Waals surface area contributed by atoms with Crippen LogP contribution in [-0.4, -0.2) is 59.5 Å². The smallest absolute Gasteiger partial charge is 0.320 e. The van der Waals surface area contributed by atoms with Gasteiger partial charge >= 0.3 is 23.9 Å². The lowest BCUT2D eigenvalue weighted by Gasteiger charge is -2.34. The Bertz CT molecular complexity index is 777. The second-order valence-electron chi connectivity index (χ2n) is 8.20. The highest BCUT2D eigenvalue weighted by Crippen LogP contribution is 2.55. The molecule has 2 saturated carbocycles. The number of carbonyl (C=O) groups excluding carboxylic acids is 2. The molecule has 4 aliphatic rings. The number of esters is 2. The molecule has 2 N–H and O–H groups in total. The van der Waals surface area contributed by atoms with Crippen molar-refractivity contribution in [2.24, 2.45) is 35.5 Å². The summed E-state index contributed by atoms with van der Waals surface area (Å²) in [4.78, 5) is 49.4. The zero-order chi connectivity index (χ0) is 21.1. The van der Waals surface area contributed by atoms with E-state index >= 15 is 0 Å². The van der Waals surface area contributed by atoms with Crippen LogP contribution in [-0.2, 0) is 33.4 Å². The Morgan fingerprint density at radius 3 is 1.48 bits per heavy atom. The summed E-state index contributed by atoms with van der Waals surface area (Å²) >= 11 is 0. The SMILES string of the molecule is COC12C=CC(C1)C(C(=O)O)C2C(=O)OC(=O)C1C(C(=O)O)C2C=CC1(OC)C2. The van der Waals surface area contributed by atoms with Crippen LogP contribution < -0.4 is 0 Å². The summed E-state index contributed by atoms with van der Waals surface area (Å²) in [6, 6.07) is 0. The summed E-state index contributed by atoms with van der Waals surface area (Å²) in [5.41, 5.74) is -2.30. The minimum atomic E-state index is -1.19. The molecule has 9 nitrogen and oxygen atoms in total. The maximum absolute atomic E-state index is 12.9. The van der Waals surface area contributed by atoms with Crippen LogP contribution in [0.25, 0.3) is 0 Å². The molecule has 4 aliphatic carbocycles. The van der Waals surface area contributed by atoms with Crippen LogP contribution in [0.3, 0.4) is 0 Å². The van der Waals surface area contributed by atoms with Crippen molar-refractivity contribution in [3.63, 3.8) is 0 Å². The van der Waals surface area contributed by atoms with Crippen molar-refractivity contribution in [3.8, 4) is 0 Å². The van der Waals surface area contributed by atoms with Crippen LogP contribution in [0.5, 0.6) is 0 Å². The first kappa shape index (κ1) is 19.8. The van der Waals surface area contributed by atoms with Gasteiger partial charge in [0.05, 0.1) is 11.8 Å². The third-order valence-corrected chi connectivity index (χ3v) is 7.09. The molecule has 0 radical (unpaired) electrons. The molecule has 2 fully saturated rings. The predicted molar refractivity (Wildman–Crippen MR) is 94.3 cm³/mol. The minimum Gasteiger partial charge on any atom is -0.481 e. The topological polar surface area (TPSA) is 136 Å². The Morgan fingerprint density at radius 2 is 1.17 bits per heavy atom. The first-order valence-electron chi connectivity index (χ1n) is 9.40. The normalized spacial score (nSPS) is 43.7. The first-order valence-corrected chi connectivity index (χ1v) is 9.40. The number of aliphatic carboxylic acids is 2. The lowest BCUT2D eigenvalue weighted by atomic mass is 9.79. The maximum Gasteiger partial charge on any atom is 0.320 e. The standard InChI is InChI=1S/C20H22O9/c1-27-19-5-3-9(7-19)11(15(21)22)13(19)17(25)29-18(26)14-12(16(23)24)10-4-6-20(14,8-10)28-2/h3-6,9-14H,7-8H2,1-2H3,(H,21,22)(H,23,24). The van der Waals surface area contributed by atoms with Gasteiger partial charge in [-0.3, -0.25) is 19.2 Å². The molecular formula is C20H22O9. The van der Waals surface area contributed by atoms with Gasteiger partial charge in [-0.15, -0.1) is 0 Å². The number of allylic oxidation sites excluding steroid dienone is 2. The van der Waals surface area contributed by atoms with Gasteiger partial charge < -0.3 is 24.4 Å². The Hall–Kier alpha value is -2.52. The number of rotatable bonds is 6. The average molecular weight is 406 g/mol. The predicted octanol–water partition coefficient (Wildman–Crippen LogP) is 0.640. The maximum atomic E-state index is 12.9. The summed E-state index contributed by atoms with van der Waals surface area (Å²) < 4.78 is 16.0. The van der Waals surface area contributed by atoms with Crippen molar-refractivity contribution < 1.29 is 43.6 Å². The Balaban J connectivity index is 1.60. The van der Waals surface area contributed by atoms with Crippen LogP contribution in [0.4, 0.5) is 0 Å². The molecule has 0 amide bonds. The summed E-state index contributed by atoms with van der Waals surface area (Å²) in [7, 11) is 2.75. The highest BCUT2D eigenvalue weighted by atomic mass is 16.6. The fourth-order valence-corrected chi connectivity index (χ4v) is 5.77. The third-order valence-electron chi connectivity index (χ3n) is 7.09. The number of hydrogen-bond acceptors (Lipinski definition) is 7. The molecule has 9 heteroatoms. The van der Waals surface area contributed by atoms with E-state index in [9.17, 15) is 29.4 Å². The second kappa shape index (κ2) is 6.50. The van der Waals surface area contributed by atoms with E-state index in [1.165, 1.54) is 14.2 Å². The zero-order valence-corrected chi connectivity index (χ0v) is 15.9. The molecule has 0 aromatic heterocycles. The van der Waals surface area contributed by atoms with Crippen LogP contribution in [0.2, 0.25) is 0 Å². The molecule has 0 aliphatic heterocycles. The van der Waals surface area contributed by atoms with Gasteiger partial charge in [-0.25, -0.2) is 0 Å². The van der Waals surface area contributed by atoms with Crippen molar-refractivity contribution in [1.82, 2.24) is 0 Å². The molecule has 29 heavy (non-hydrogen) atoms. The van der Waals surface area contributed by atoms with E-state index in [0.717, 1.165) is 0 Å². The van der Waals surface area contributed by atoms with E-state index in [1.54, 1.807) is 24.3 Å². The Labute approximate surface area is 166 Å². The largest absolute Gasteiger partial charge is 0.481 e. The number of methoxy groups -OCH3 is 2. The van der Waals surface area contributed by atoms with Gasteiger partial charge in [0.2, 0.25) is 0 Å². The molecule has 0 aromatic rings. The van der Waals surface area contributed by atoms with Gasteiger partial charge in [-0.1, -0.05) is 24.3 Å². The molecule has 8 atom stereocenters. The van der Waals surface area contributed by atoms with Crippen molar-refractivity contribution >= 4 is 23.9 Å². The van der Waals surface area contributed by atoms with Crippen LogP contribution in [0.15, 0.2) is 24.3 Å². The van der Waals surface area contributed by atoms with E-state index in [0.29, 0.717) is 12.8 Å².